The Balaban J connectivity index is 2.53. The Morgan fingerprint density at radius 3 is 2.17 bits per heavy atom. The third kappa shape index (κ3) is 3.60. The standard InChI is InChI=1S/C12H23N3O3/c1-3-12(4-2,10(16)17)13-11(18)14-15-8-6-5-7-9-15/h3-9H2,1-2H3,(H,16,17)(H2,13,14,18). The number of rotatable bonds is 5. The van der Waals surface area contributed by atoms with E-state index in [2.05, 4.69) is 10.7 Å². The number of urea groups is 1. The number of aliphatic carboxylic acids is 1. The highest BCUT2D eigenvalue weighted by atomic mass is 16.4. The van der Waals surface area contributed by atoms with Crippen molar-refractivity contribution < 1.29 is 14.7 Å². The van der Waals surface area contributed by atoms with Crippen LogP contribution in [-0.2, 0) is 4.79 Å². The molecule has 2 amide bonds. The fourth-order valence-corrected chi connectivity index (χ4v) is 2.18. The topological polar surface area (TPSA) is 81.7 Å². The summed E-state index contributed by atoms with van der Waals surface area (Å²) in [6.07, 6.45) is 4.04. The average Bonchev–Trinajstić information content (AvgIpc) is 2.37. The number of amides is 2. The van der Waals surface area contributed by atoms with Gasteiger partial charge in [-0.3, -0.25) is 5.43 Å². The van der Waals surface area contributed by atoms with Crippen molar-refractivity contribution >= 4 is 12.0 Å². The number of nitrogens with one attached hydrogen (secondary N) is 2. The van der Waals surface area contributed by atoms with Gasteiger partial charge >= 0.3 is 12.0 Å². The van der Waals surface area contributed by atoms with Gasteiger partial charge in [-0.15, -0.1) is 0 Å². The van der Waals surface area contributed by atoms with Gasteiger partial charge in [0, 0.05) is 13.1 Å². The van der Waals surface area contributed by atoms with Crippen molar-refractivity contribution in [2.24, 2.45) is 0 Å². The predicted molar refractivity (Wildman–Crippen MR) is 68.0 cm³/mol. The molecular weight excluding hydrogens is 234 g/mol. The maximum Gasteiger partial charge on any atom is 0.330 e. The fourth-order valence-electron chi connectivity index (χ4n) is 2.18. The summed E-state index contributed by atoms with van der Waals surface area (Å²) in [5.74, 6) is -0.985. The molecule has 0 aliphatic carbocycles. The van der Waals surface area contributed by atoms with Crippen LogP contribution in [0.3, 0.4) is 0 Å². The quantitative estimate of drug-likeness (QED) is 0.694. The van der Waals surface area contributed by atoms with Gasteiger partial charge in [0.25, 0.3) is 0 Å². The van der Waals surface area contributed by atoms with Gasteiger partial charge in [-0.05, 0) is 25.7 Å². The Bertz CT molecular complexity index is 297. The molecule has 0 aromatic heterocycles. The molecule has 0 aromatic rings. The van der Waals surface area contributed by atoms with Crippen molar-refractivity contribution in [3.05, 3.63) is 0 Å². The minimum absolute atomic E-state index is 0.367. The lowest BCUT2D eigenvalue weighted by Crippen LogP contribution is -2.59. The van der Waals surface area contributed by atoms with E-state index in [0.29, 0.717) is 12.8 Å². The zero-order valence-corrected chi connectivity index (χ0v) is 11.2. The normalized spacial score (nSPS) is 17.2. The van der Waals surface area contributed by atoms with Crippen LogP contribution in [0.5, 0.6) is 0 Å². The third-order valence-electron chi connectivity index (χ3n) is 3.59. The molecule has 1 rings (SSSR count). The van der Waals surface area contributed by atoms with E-state index in [1.807, 2.05) is 5.01 Å². The van der Waals surface area contributed by atoms with Gasteiger partial charge in [0.2, 0.25) is 0 Å². The van der Waals surface area contributed by atoms with E-state index in [1.165, 1.54) is 6.42 Å². The summed E-state index contributed by atoms with van der Waals surface area (Å²) in [6, 6.07) is -0.428. The van der Waals surface area contributed by atoms with Crippen LogP contribution < -0.4 is 10.7 Å². The number of hydrogen-bond acceptors (Lipinski definition) is 3. The lowest BCUT2D eigenvalue weighted by molar-refractivity contribution is -0.144. The maximum absolute atomic E-state index is 11.8. The number of hydrogen-bond donors (Lipinski definition) is 3. The van der Waals surface area contributed by atoms with E-state index in [9.17, 15) is 14.7 Å². The Morgan fingerprint density at radius 2 is 1.72 bits per heavy atom. The van der Waals surface area contributed by atoms with Gasteiger partial charge in [0.05, 0.1) is 0 Å². The molecule has 0 atom stereocenters. The van der Waals surface area contributed by atoms with Crippen LogP contribution in [0.1, 0.15) is 46.0 Å². The highest BCUT2D eigenvalue weighted by Gasteiger charge is 2.36. The van der Waals surface area contributed by atoms with Crippen molar-refractivity contribution in [2.75, 3.05) is 13.1 Å². The smallest absolute Gasteiger partial charge is 0.330 e. The molecule has 6 heteroatoms. The molecule has 104 valence electrons. The minimum Gasteiger partial charge on any atom is -0.480 e. The summed E-state index contributed by atoms with van der Waals surface area (Å²) in [5.41, 5.74) is 1.55. The molecule has 1 aliphatic heterocycles. The summed E-state index contributed by atoms with van der Waals surface area (Å²) >= 11 is 0. The summed E-state index contributed by atoms with van der Waals surface area (Å²) < 4.78 is 0. The van der Waals surface area contributed by atoms with Crippen molar-refractivity contribution in [3.8, 4) is 0 Å². The lowest BCUT2D eigenvalue weighted by Gasteiger charge is -2.31. The van der Waals surface area contributed by atoms with E-state index >= 15 is 0 Å². The molecule has 1 aliphatic rings. The van der Waals surface area contributed by atoms with E-state index in [1.54, 1.807) is 13.8 Å². The number of carbonyl (C=O) groups excluding carboxylic acids is 1. The SMILES string of the molecule is CCC(CC)(NC(=O)NN1CCCCC1)C(=O)O. The predicted octanol–water partition coefficient (Wildman–Crippen LogP) is 1.33. The van der Waals surface area contributed by atoms with E-state index < -0.39 is 17.5 Å². The summed E-state index contributed by atoms with van der Waals surface area (Å²) in [5, 5.41) is 13.7. The largest absolute Gasteiger partial charge is 0.480 e. The molecule has 0 unspecified atom stereocenters. The van der Waals surface area contributed by atoms with E-state index in [0.717, 1.165) is 25.9 Å². The minimum atomic E-state index is -1.17. The fraction of sp³-hybridized carbons (Fsp3) is 0.833. The maximum atomic E-state index is 11.8. The number of piperidine rings is 1. The Labute approximate surface area is 108 Å². The van der Waals surface area contributed by atoms with Gasteiger partial charge in [-0.1, -0.05) is 20.3 Å². The molecule has 1 fully saturated rings. The highest BCUT2D eigenvalue weighted by Crippen LogP contribution is 2.15. The lowest BCUT2D eigenvalue weighted by atomic mass is 9.93. The summed E-state index contributed by atoms with van der Waals surface area (Å²) in [6.45, 7) is 5.18. The van der Waals surface area contributed by atoms with Gasteiger partial charge in [0.15, 0.2) is 0 Å². The van der Waals surface area contributed by atoms with Gasteiger partial charge < -0.3 is 10.4 Å². The summed E-state index contributed by atoms with van der Waals surface area (Å²) in [4.78, 5) is 23.1. The van der Waals surface area contributed by atoms with Crippen LogP contribution in [0, 0.1) is 0 Å². The second-order valence-electron chi connectivity index (χ2n) is 4.71. The van der Waals surface area contributed by atoms with Crippen LogP contribution in [0.4, 0.5) is 4.79 Å². The Kier molecular flexibility index (Phi) is 5.40. The number of nitrogens with zero attached hydrogens (tertiary/aromatic N) is 1. The van der Waals surface area contributed by atoms with Gasteiger partial charge in [-0.25, -0.2) is 14.6 Å². The molecule has 0 spiro atoms. The first-order chi connectivity index (χ1) is 8.54. The Morgan fingerprint density at radius 1 is 1.17 bits per heavy atom. The molecule has 6 nitrogen and oxygen atoms in total. The van der Waals surface area contributed by atoms with Crippen molar-refractivity contribution in [1.82, 2.24) is 15.8 Å². The molecular formula is C12H23N3O3. The van der Waals surface area contributed by atoms with Crippen LogP contribution in [0.2, 0.25) is 0 Å². The summed E-state index contributed by atoms with van der Waals surface area (Å²) in [7, 11) is 0. The first-order valence-electron chi connectivity index (χ1n) is 6.61. The van der Waals surface area contributed by atoms with Gasteiger partial charge in [0.1, 0.15) is 5.54 Å². The first kappa shape index (κ1) is 14.8. The third-order valence-corrected chi connectivity index (χ3v) is 3.59. The average molecular weight is 257 g/mol. The monoisotopic (exact) mass is 257 g/mol. The molecule has 3 N–H and O–H groups in total. The molecule has 0 saturated carbocycles. The molecule has 0 radical (unpaired) electrons. The molecule has 18 heavy (non-hydrogen) atoms. The van der Waals surface area contributed by atoms with Crippen LogP contribution in [-0.4, -0.2) is 40.7 Å². The molecule has 1 saturated heterocycles. The van der Waals surface area contributed by atoms with Crippen molar-refractivity contribution in [2.45, 2.75) is 51.5 Å². The number of carboxylic acids is 1. The molecule has 0 bridgehead atoms. The zero-order valence-electron chi connectivity index (χ0n) is 11.2. The number of hydrazine groups is 1. The van der Waals surface area contributed by atoms with Gasteiger partial charge in [-0.2, -0.15) is 0 Å². The Hall–Kier alpha value is -1.30. The zero-order chi connectivity index (χ0) is 13.6. The second-order valence-corrected chi connectivity index (χ2v) is 4.71. The number of carbonyl (C=O) groups is 2. The van der Waals surface area contributed by atoms with Crippen molar-refractivity contribution in [1.29, 1.82) is 0 Å². The molecule has 1 heterocycles. The van der Waals surface area contributed by atoms with Crippen LogP contribution in [0.25, 0.3) is 0 Å². The number of carboxylic acid groups (broad SMARTS) is 1. The molecule has 0 aromatic carbocycles. The first-order valence-corrected chi connectivity index (χ1v) is 6.61. The van der Waals surface area contributed by atoms with Crippen LogP contribution in [0.15, 0.2) is 0 Å². The van der Waals surface area contributed by atoms with Crippen molar-refractivity contribution in [3.63, 3.8) is 0 Å². The second kappa shape index (κ2) is 6.58. The van der Waals surface area contributed by atoms with Crippen LogP contribution >= 0.6 is 0 Å². The van der Waals surface area contributed by atoms with E-state index in [4.69, 9.17) is 0 Å². The van der Waals surface area contributed by atoms with E-state index in [-0.39, 0.29) is 0 Å². The highest BCUT2D eigenvalue weighted by molar-refractivity contribution is 5.85.